The van der Waals surface area contributed by atoms with E-state index < -0.39 is 0 Å². The molecule has 1 heterocycles. The second-order valence-corrected chi connectivity index (χ2v) is 5.80. The third kappa shape index (κ3) is 4.54. The highest BCUT2D eigenvalue weighted by atomic mass is 16.5. The van der Waals surface area contributed by atoms with Gasteiger partial charge in [-0.15, -0.1) is 0 Å². The molecule has 0 radical (unpaired) electrons. The van der Waals surface area contributed by atoms with Gasteiger partial charge in [-0.1, -0.05) is 0 Å². The highest BCUT2D eigenvalue weighted by molar-refractivity contribution is 5.95. The van der Waals surface area contributed by atoms with E-state index in [0.29, 0.717) is 17.8 Å². The fourth-order valence-electron chi connectivity index (χ4n) is 2.82. The number of hydrogen-bond donors (Lipinski definition) is 3. The first-order chi connectivity index (χ1) is 10.5. The number of hydrogen-bond acceptors (Lipinski definition) is 3. The van der Waals surface area contributed by atoms with Crippen LogP contribution < -0.4 is 15.5 Å². The summed E-state index contributed by atoms with van der Waals surface area (Å²) in [6.07, 6.45) is 0.358. The fraction of sp³-hybridized carbons (Fsp3) is 0.500. The standard InChI is InChI=1S/C16H23N3O3/c1-11-8-19(9-12(2)22-11)10-15(20)18-14-6-4-13(5-7-14)16(21)17-3/h4-7,11-12H,8-10H2,1-3H3,(H,17,21)(H,18,20)/p+1/t11-,12-/m0/s1. The van der Waals surface area contributed by atoms with Gasteiger partial charge in [0.1, 0.15) is 25.3 Å². The molecule has 3 N–H and O–H groups in total. The molecule has 120 valence electrons. The molecule has 1 fully saturated rings. The SMILES string of the molecule is CNC(=O)c1ccc(NC(=O)C[NH+]2C[C@H](C)O[C@@H](C)C2)cc1. The molecule has 1 aromatic carbocycles. The van der Waals surface area contributed by atoms with Crippen molar-refractivity contribution in [3.8, 4) is 0 Å². The van der Waals surface area contributed by atoms with Gasteiger partial charge in [0.2, 0.25) is 0 Å². The number of morpholine rings is 1. The van der Waals surface area contributed by atoms with E-state index in [9.17, 15) is 9.59 Å². The van der Waals surface area contributed by atoms with Gasteiger partial charge in [-0.25, -0.2) is 0 Å². The van der Waals surface area contributed by atoms with Gasteiger partial charge in [0.05, 0.1) is 0 Å². The Kier molecular flexibility index (Phi) is 5.51. The monoisotopic (exact) mass is 306 g/mol. The van der Waals surface area contributed by atoms with Gasteiger partial charge in [0, 0.05) is 18.3 Å². The summed E-state index contributed by atoms with van der Waals surface area (Å²) in [5.74, 6) is -0.164. The minimum atomic E-state index is -0.140. The Labute approximate surface area is 130 Å². The van der Waals surface area contributed by atoms with Crippen LogP contribution in [-0.2, 0) is 9.53 Å². The third-order valence-electron chi connectivity index (χ3n) is 3.69. The van der Waals surface area contributed by atoms with Crippen molar-refractivity contribution < 1.29 is 19.2 Å². The van der Waals surface area contributed by atoms with Gasteiger partial charge < -0.3 is 20.3 Å². The van der Waals surface area contributed by atoms with Crippen molar-refractivity contribution in [3.05, 3.63) is 29.8 Å². The van der Waals surface area contributed by atoms with Crippen molar-refractivity contribution in [2.45, 2.75) is 26.1 Å². The molecule has 0 bridgehead atoms. The zero-order valence-electron chi connectivity index (χ0n) is 13.3. The molecule has 1 saturated heterocycles. The average Bonchev–Trinajstić information content (AvgIpc) is 2.46. The first-order valence-electron chi connectivity index (χ1n) is 7.59. The molecular weight excluding hydrogens is 282 g/mol. The van der Waals surface area contributed by atoms with Gasteiger partial charge in [0.25, 0.3) is 11.8 Å². The molecule has 0 aromatic heterocycles. The number of nitrogens with one attached hydrogen (secondary N) is 3. The van der Waals surface area contributed by atoms with Crippen LogP contribution in [0.25, 0.3) is 0 Å². The zero-order valence-corrected chi connectivity index (χ0v) is 13.3. The molecule has 2 rings (SSSR count). The van der Waals surface area contributed by atoms with Crippen LogP contribution in [0.2, 0.25) is 0 Å². The van der Waals surface area contributed by atoms with Crippen molar-refractivity contribution in [2.75, 3.05) is 32.0 Å². The zero-order chi connectivity index (χ0) is 16.1. The second-order valence-electron chi connectivity index (χ2n) is 5.80. The Balaban J connectivity index is 1.87. The van der Waals surface area contributed by atoms with Gasteiger partial charge in [-0.2, -0.15) is 0 Å². The summed E-state index contributed by atoms with van der Waals surface area (Å²) in [4.78, 5) is 24.8. The van der Waals surface area contributed by atoms with E-state index in [1.54, 1.807) is 31.3 Å². The largest absolute Gasteiger partial charge is 0.364 e. The summed E-state index contributed by atoms with van der Waals surface area (Å²) < 4.78 is 5.67. The molecule has 22 heavy (non-hydrogen) atoms. The van der Waals surface area contributed by atoms with Crippen LogP contribution in [0.15, 0.2) is 24.3 Å². The maximum absolute atomic E-state index is 12.1. The van der Waals surface area contributed by atoms with Gasteiger partial charge in [-0.05, 0) is 38.1 Å². The number of rotatable bonds is 4. The number of amides is 2. The Morgan fingerprint density at radius 3 is 2.32 bits per heavy atom. The van der Waals surface area contributed by atoms with Crippen molar-refractivity contribution in [1.29, 1.82) is 0 Å². The van der Waals surface area contributed by atoms with Gasteiger partial charge in [0.15, 0.2) is 6.54 Å². The lowest BCUT2D eigenvalue weighted by Gasteiger charge is -2.31. The highest BCUT2D eigenvalue weighted by Gasteiger charge is 2.27. The smallest absolute Gasteiger partial charge is 0.279 e. The lowest BCUT2D eigenvalue weighted by Crippen LogP contribution is -3.16. The number of carbonyl (C=O) groups excluding carboxylic acids is 2. The van der Waals surface area contributed by atoms with Crippen molar-refractivity contribution in [1.82, 2.24) is 5.32 Å². The van der Waals surface area contributed by atoms with E-state index in [0.717, 1.165) is 13.1 Å². The third-order valence-corrected chi connectivity index (χ3v) is 3.69. The summed E-state index contributed by atoms with van der Waals surface area (Å²) in [5, 5.41) is 5.43. The van der Waals surface area contributed by atoms with Crippen molar-refractivity contribution in [3.63, 3.8) is 0 Å². The average molecular weight is 306 g/mol. The van der Waals surface area contributed by atoms with E-state index in [4.69, 9.17) is 4.74 Å². The first kappa shape index (κ1) is 16.5. The topological polar surface area (TPSA) is 71.9 Å². The summed E-state index contributed by atoms with van der Waals surface area (Å²) in [7, 11) is 1.59. The fourth-order valence-corrected chi connectivity index (χ4v) is 2.82. The Morgan fingerprint density at radius 1 is 1.18 bits per heavy atom. The number of anilines is 1. The van der Waals surface area contributed by atoms with Crippen LogP contribution in [0.1, 0.15) is 24.2 Å². The van der Waals surface area contributed by atoms with Gasteiger partial charge >= 0.3 is 0 Å². The number of benzene rings is 1. The lowest BCUT2D eigenvalue weighted by molar-refractivity contribution is -0.907. The maximum Gasteiger partial charge on any atom is 0.279 e. The van der Waals surface area contributed by atoms with Crippen LogP contribution in [0.5, 0.6) is 0 Å². The van der Waals surface area contributed by atoms with E-state index in [-0.39, 0.29) is 24.0 Å². The Hall–Kier alpha value is -1.92. The van der Waals surface area contributed by atoms with E-state index >= 15 is 0 Å². The quantitative estimate of drug-likeness (QED) is 0.714. The molecule has 1 aromatic rings. The number of ether oxygens (including phenoxy) is 1. The maximum atomic E-state index is 12.1. The molecule has 1 aliphatic heterocycles. The predicted octanol–water partition coefficient (Wildman–Crippen LogP) is -0.323. The Morgan fingerprint density at radius 2 is 1.77 bits per heavy atom. The summed E-state index contributed by atoms with van der Waals surface area (Å²) in [5.41, 5.74) is 1.27. The second kappa shape index (κ2) is 7.38. The molecule has 0 aliphatic carbocycles. The predicted molar refractivity (Wildman–Crippen MR) is 84.0 cm³/mol. The minimum absolute atomic E-state index is 0.0241. The minimum Gasteiger partial charge on any atom is -0.364 e. The summed E-state index contributed by atoms with van der Waals surface area (Å²) >= 11 is 0. The number of quaternary nitrogens is 1. The highest BCUT2D eigenvalue weighted by Crippen LogP contribution is 2.09. The first-order valence-corrected chi connectivity index (χ1v) is 7.59. The van der Waals surface area contributed by atoms with E-state index in [1.807, 2.05) is 13.8 Å². The van der Waals surface area contributed by atoms with Crippen LogP contribution in [0.4, 0.5) is 5.69 Å². The van der Waals surface area contributed by atoms with E-state index in [1.165, 1.54) is 4.90 Å². The molecule has 6 nitrogen and oxygen atoms in total. The molecular formula is C16H24N3O3+. The summed E-state index contributed by atoms with van der Waals surface area (Å²) in [6.45, 7) is 6.17. The normalized spacial score (nSPS) is 24.6. The van der Waals surface area contributed by atoms with Crippen LogP contribution in [0, 0.1) is 0 Å². The molecule has 0 spiro atoms. The van der Waals surface area contributed by atoms with Crippen LogP contribution in [-0.4, -0.2) is 50.7 Å². The number of carbonyl (C=O) groups is 2. The molecule has 2 amide bonds. The summed E-state index contributed by atoms with van der Waals surface area (Å²) in [6, 6.07) is 6.87. The lowest BCUT2D eigenvalue weighted by atomic mass is 10.2. The van der Waals surface area contributed by atoms with E-state index in [2.05, 4.69) is 10.6 Å². The molecule has 2 atom stereocenters. The van der Waals surface area contributed by atoms with Crippen LogP contribution in [0.3, 0.4) is 0 Å². The van der Waals surface area contributed by atoms with Gasteiger partial charge in [-0.3, -0.25) is 9.59 Å². The Bertz CT molecular complexity index is 520. The molecule has 0 unspecified atom stereocenters. The molecule has 6 heteroatoms. The van der Waals surface area contributed by atoms with Crippen molar-refractivity contribution >= 4 is 17.5 Å². The molecule has 0 saturated carbocycles. The molecule has 1 aliphatic rings. The van der Waals surface area contributed by atoms with Crippen molar-refractivity contribution in [2.24, 2.45) is 0 Å². The van der Waals surface area contributed by atoms with Crippen LogP contribution >= 0.6 is 0 Å².